The molecule has 0 bridgehead atoms. The minimum absolute atomic E-state index is 0.109. The summed E-state index contributed by atoms with van der Waals surface area (Å²) in [6, 6.07) is 1.82. The molecular formula is C19H24F4O2. The molecule has 0 atom stereocenters. The molecule has 1 saturated carbocycles. The van der Waals surface area contributed by atoms with Gasteiger partial charge in [-0.1, -0.05) is 6.08 Å². The fraction of sp³-hybridized carbons (Fsp3) is 0.579. The van der Waals surface area contributed by atoms with Crippen LogP contribution in [0, 0.1) is 17.6 Å². The van der Waals surface area contributed by atoms with Gasteiger partial charge in [0.05, 0.1) is 18.3 Å². The molecule has 6 heteroatoms. The zero-order valence-corrected chi connectivity index (χ0v) is 14.4. The van der Waals surface area contributed by atoms with E-state index in [0.29, 0.717) is 18.8 Å². The topological polar surface area (TPSA) is 18.5 Å². The monoisotopic (exact) mass is 360 g/mol. The third kappa shape index (κ3) is 4.97. The largest absolute Gasteiger partial charge is 0.491 e. The maximum atomic E-state index is 14.3. The molecule has 0 heterocycles. The van der Waals surface area contributed by atoms with Gasteiger partial charge in [-0.2, -0.15) is 13.2 Å². The molecular weight excluding hydrogens is 336 g/mol. The molecule has 25 heavy (non-hydrogen) atoms. The van der Waals surface area contributed by atoms with E-state index in [1.807, 2.05) is 6.08 Å². The number of benzene rings is 1. The van der Waals surface area contributed by atoms with E-state index < -0.39 is 29.4 Å². The van der Waals surface area contributed by atoms with Gasteiger partial charge in [-0.15, -0.1) is 6.58 Å². The maximum absolute atomic E-state index is 14.3. The number of rotatable bonds is 8. The first-order valence-corrected chi connectivity index (χ1v) is 8.66. The lowest BCUT2D eigenvalue weighted by molar-refractivity contribution is -0.279. The SMILES string of the molecule is C=CCCC1CCC(OC(F)(F)c2ccc(OCC)c(F)c2F)CC1. The summed E-state index contributed by atoms with van der Waals surface area (Å²) in [5.74, 6) is -2.96. The Hall–Kier alpha value is -1.56. The fourth-order valence-electron chi connectivity index (χ4n) is 3.19. The van der Waals surface area contributed by atoms with Crippen LogP contribution in [0.25, 0.3) is 0 Å². The Labute approximate surface area is 145 Å². The normalized spacial score (nSPS) is 21.2. The first-order valence-electron chi connectivity index (χ1n) is 8.66. The number of allylic oxidation sites excluding steroid dienone is 1. The lowest BCUT2D eigenvalue weighted by Crippen LogP contribution is -2.30. The van der Waals surface area contributed by atoms with Crippen molar-refractivity contribution < 1.29 is 27.0 Å². The van der Waals surface area contributed by atoms with E-state index in [9.17, 15) is 17.6 Å². The highest BCUT2D eigenvalue weighted by molar-refractivity contribution is 5.32. The van der Waals surface area contributed by atoms with Crippen molar-refractivity contribution >= 4 is 0 Å². The van der Waals surface area contributed by atoms with Crippen LogP contribution in [0.3, 0.4) is 0 Å². The van der Waals surface area contributed by atoms with Gasteiger partial charge in [0, 0.05) is 0 Å². The van der Waals surface area contributed by atoms with Crippen molar-refractivity contribution in [2.75, 3.05) is 6.61 Å². The Bertz CT molecular complexity index is 581. The molecule has 140 valence electrons. The molecule has 0 unspecified atom stereocenters. The summed E-state index contributed by atoms with van der Waals surface area (Å²) in [5, 5.41) is 0. The van der Waals surface area contributed by atoms with Crippen molar-refractivity contribution in [1.29, 1.82) is 0 Å². The van der Waals surface area contributed by atoms with Crippen LogP contribution < -0.4 is 4.74 Å². The average Bonchev–Trinajstić information content (AvgIpc) is 2.58. The van der Waals surface area contributed by atoms with Crippen LogP contribution in [-0.2, 0) is 10.8 Å². The molecule has 1 aromatic carbocycles. The zero-order chi connectivity index (χ0) is 18.4. The van der Waals surface area contributed by atoms with E-state index in [0.717, 1.165) is 37.8 Å². The van der Waals surface area contributed by atoms with Crippen molar-refractivity contribution in [2.24, 2.45) is 5.92 Å². The smallest absolute Gasteiger partial charge is 0.386 e. The molecule has 0 aromatic heterocycles. The highest BCUT2D eigenvalue weighted by Crippen LogP contribution is 2.39. The summed E-state index contributed by atoms with van der Waals surface area (Å²) in [5.41, 5.74) is -1.10. The average molecular weight is 360 g/mol. The summed E-state index contributed by atoms with van der Waals surface area (Å²) in [4.78, 5) is 0. The molecule has 1 aliphatic carbocycles. The van der Waals surface area contributed by atoms with Gasteiger partial charge >= 0.3 is 6.11 Å². The second-order valence-electron chi connectivity index (χ2n) is 6.32. The van der Waals surface area contributed by atoms with Gasteiger partial charge in [-0.05, 0) is 63.5 Å². The van der Waals surface area contributed by atoms with Crippen LogP contribution in [0.2, 0.25) is 0 Å². The standard InChI is InChI=1S/C19H24F4O2/c1-3-5-6-13-7-9-14(10-8-13)25-19(22,23)15-11-12-16(24-4-2)18(21)17(15)20/h3,11-14H,1,4-10H2,2H3. The Morgan fingerprint density at radius 3 is 2.44 bits per heavy atom. The summed E-state index contributed by atoms with van der Waals surface area (Å²) in [6.45, 7) is 5.38. The first kappa shape index (κ1) is 19.8. The molecule has 0 spiro atoms. The lowest BCUT2D eigenvalue weighted by atomic mass is 9.84. The second kappa shape index (κ2) is 8.70. The molecule has 1 aliphatic rings. The van der Waals surface area contributed by atoms with Gasteiger partial charge in [0.1, 0.15) is 0 Å². The van der Waals surface area contributed by atoms with Crippen LogP contribution in [-0.4, -0.2) is 12.7 Å². The quantitative estimate of drug-likeness (QED) is 0.421. The predicted molar refractivity (Wildman–Crippen MR) is 87.7 cm³/mol. The summed E-state index contributed by atoms with van der Waals surface area (Å²) in [6.07, 6.45) is 1.74. The lowest BCUT2D eigenvalue weighted by Gasteiger charge is -2.31. The molecule has 1 fully saturated rings. The van der Waals surface area contributed by atoms with E-state index in [1.165, 1.54) is 0 Å². The molecule has 1 aromatic rings. The number of hydrogen-bond acceptors (Lipinski definition) is 2. The molecule has 0 N–H and O–H groups in total. The van der Waals surface area contributed by atoms with Crippen LogP contribution >= 0.6 is 0 Å². The minimum Gasteiger partial charge on any atom is -0.491 e. The van der Waals surface area contributed by atoms with Gasteiger partial charge in [-0.25, -0.2) is 4.39 Å². The van der Waals surface area contributed by atoms with E-state index in [1.54, 1.807) is 6.92 Å². The predicted octanol–water partition coefficient (Wildman–Crippen LogP) is 5.95. The molecule has 2 rings (SSSR count). The van der Waals surface area contributed by atoms with Crippen molar-refractivity contribution in [3.8, 4) is 5.75 Å². The third-order valence-electron chi connectivity index (χ3n) is 4.55. The third-order valence-corrected chi connectivity index (χ3v) is 4.55. The van der Waals surface area contributed by atoms with E-state index in [2.05, 4.69) is 6.58 Å². The van der Waals surface area contributed by atoms with Gasteiger partial charge in [0.25, 0.3) is 0 Å². The van der Waals surface area contributed by atoms with Crippen molar-refractivity contribution in [3.63, 3.8) is 0 Å². The van der Waals surface area contributed by atoms with Crippen molar-refractivity contribution in [2.45, 2.75) is 57.7 Å². The number of alkyl halides is 2. The number of halogens is 4. The summed E-state index contributed by atoms with van der Waals surface area (Å²) < 4.78 is 66.2. The van der Waals surface area contributed by atoms with Crippen LogP contribution in [0.5, 0.6) is 5.75 Å². The zero-order valence-electron chi connectivity index (χ0n) is 14.4. The van der Waals surface area contributed by atoms with Crippen molar-refractivity contribution in [3.05, 3.63) is 42.0 Å². The Kier molecular flexibility index (Phi) is 6.87. The summed E-state index contributed by atoms with van der Waals surface area (Å²) in [7, 11) is 0. The molecule has 2 nitrogen and oxygen atoms in total. The Morgan fingerprint density at radius 1 is 1.16 bits per heavy atom. The van der Waals surface area contributed by atoms with Crippen molar-refractivity contribution in [1.82, 2.24) is 0 Å². The Morgan fingerprint density at radius 2 is 1.84 bits per heavy atom. The highest BCUT2D eigenvalue weighted by Gasteiger charge is 2.41. The summed E-state index contributed by atoms with van der Waals surface area (Å²) >= 11 is 0. The molecule has 0 radical (unpaired) electrons. The minimum atomic E-state index is -3.88. The number of ether oxygens (including phenoxy) is 2. The first-order chi connectivity index (χ1) is 11.9. The molecule has 0 aliphatic heterocycles. The fourth-order valence-corrected chi connectivity index (χ4v) is 3.19. The van der Waals surface area contributed by atoms with Crippen LogP contribution in [0.1, 0.15) is 51.0 Å². The van der Waals surface area contributed by atoms with E-state index >= 15 is 0 Å². The van der Waals surface area contributed by atoms with Gasteiger partial charge in [0.2, 0.25) is 5.82 Å². The molecule has 0 saturated heterocycles. The number of hydrogen-bond donors (Lipinski definition) is 0. The Balaban J connectivity index is 2.02. The second-order valence-corrected chi connectivity index (χ2v) is 6.32. The van der Waals surface area contributed by atoms with E-state index in [4.69, 9.17) is 9.47 Å². The van der Waals surface area contributed by atoms with Crippen LogP contribution in [0.4, 0.5) is 17.6 Å². The van der Waals surface area contributed by atoms with E-state index in [-0.39, 0.29) is 12.4 Å². The molecule has 0 amide bonds. The van der Waals surface area contributed by atoms with Gasteiger partial charge in [-0.3, -0.25) is 0 Å². The van der Waals surface area contributed by atoms with Gasteiger partial charge in [0.15, 0.2) is 11.6 Å². The van der Waals surface area contributed by atoms with Crippen LogP contribution in [0.15, 0.2) is 24.8 Å². The maximum Gasteiger partial charge on any atom is 0.386 e. The van der Waals surface area contributed by atoms with Gasteiger partial charge < -0.3 is 9.47 Å². The highest BCUT2D eigenvalue weighted by atomic mass is 19.3.